The Labute approximate surface area is 188 Å². The highest BCUT2D eigenvalue weighted by atomic mass is 16.6. The second-order valence-corrected chi connectivity index (χ2v) is 9.20. The molecule has 184 valence electrons. The van der Waals surface area contributed by atoms with E-state index in [2.05, 4.69) is 5.32 Å². The molecule has 1 fully saturated rings. The van der Waals surface area contributed by atoms with Crippen LogP contribution in [0.4, 0.5) is 0 Å². The smallest absolute Gasteiger partial charge is 0.335 e. The molecule has 1 aliphatic rings. The lowest BCUT2D eigenvalue weighted by Crippen LogP contribution is -2.45. The Balaban J connectivity index is 0.000000995. The number of rotatable bonds is 10. The fourth-order valence-electron chi connectivity index (χ4n) is 2.62. The molecule has 12 heteroatoms. The molecule has 0 aliphatic carbocycles. The second kappa shape index (κ2) is 12.3. The molecule has 0 aromatic carbocycles. The number of likely N-dealkylation sites (N-methyl/N-ethyl adjacent to an activating group) is 2. The van der Waals surface area contributed by atoms with Crippen LogP contribution in [0.25, 0.3) is 0 Å². The predicted octanol–water partition coefficient (Wildman–Crippen LogP) is -1.79. The first-order valence-electron chi connectivity index (χ1n) is 10.2. The number of nitrogens with one attached hydrogen (secondary N) is 2. The summed E-state index contributed by atoms with van der Waals surface area (Å²) in [7, 11) is 7.22. The number of hydrogen-bond donors (Lipinski definition) is 3. The van der Waals surface area contributed by atoms with Crippen molar-refractivity contribution in [3.05, 3.63) is 0 Å². The van der Waals surface area contributed by atoms with Crippen LogP contribution < -0.4 is 10.4 Å². The Kier molecular flexibility index (Phi) is 11.3. The van der Waals surface area contributed by atoms with Crippen molar-refractivity contribution in [3.8, 4) is 0 Å². The van der Waals surface area contributed by atoms with Gasteiger partial charge in [0.05, 0.1) is 34.1 Å². The molecule has 0 aromatic rings. The van der Waals surface area contributed by atoms with E-state index in [1.165, 1.54) is 13.8 Å². The number of nitrogens with zero attached hydrogens (tertiary/aromatic N) is 2. The summed E-state index contributed by atoms with van der Waals surface area (Å²) in [5, 5.41) is 29.6. The zero-order valence-corrected chi connectivity index (χ0v) is 19.9. The summed E-state index contributed by atoms with van der Waals surface area (Å²) in [6.07, 6.45) is -2.54. The van der Waals surface area contributed by atoms with E-state index < -0.39 is 42.1 Å². The van der Waals surface area contributed by atoms with E-state index in [4.69, 9.17) is 14.9 Å². The molecule has 3 N–H and O–H groups in total. The molecule has 12 nitrogen and oxygen atoms in total. The summed E-state index contributed by atoms with van der Waals surface area (Å²) in [5.74, 6) is -2.71. The lowest BCUT2D eigenvalue weighted by molar-refractivity contribution is -0.873. The van der Waals surface area contributed by atoms with Gasteiger partial charge in [-0.05, 0) is 20.3 Å². The molecule has 0 aromatic heterocycles. The maximum atomic E-state index is 12.1. The van der Waals surface area contributed by atoms with E-state index in [-0.39, 0.29) is 24.7 Å². The van der Waals surface area contributed by atoms with Crippen LogP contribution in [0.1, 0.15) is 40.0 Å². The molecule has 0 spiro atoms. The van der Waals surface area contributed by atoms with Crippen LogP contribution in [-0.2, 0) is 28.7 Å². The third kappa shape index (κ3) is 12.8. The molecule has 1 heterocycles. The van der Waals surface area contributed by atoms with Gasteiger partial charge in [0.15, 0.2) is 18.2 Å². The number of carboxylic acids is 1. The average molecular weight is 461 g/mol. The largest absolute Gasteiger partial charge is 0.550 e. The Hall–Kier alpha value is -2.73. The van der Waals surface area contributed by atoms with Crippen molar-refractivity contribution in [3.63, 3.8) is 0 Å². The van der Waals surface area contributed by atoms with Gasteiger partial charge >= 0.3 is 11.9 Å². The van der Waals surface area contributed by atoms with Crippen LogP contribution >= 0.6 is 0 Å². The Morgan fingerprint density at radius 3 is 2.22 bits per heavy atom. The van der Waals surface area contributed by atoms with Crippen LogP contribution in [-0.4, -0.2) is 103 Å². The normalized spacial score (nSPS) is 15.8. The predicted molar refractivity (Wildman–Crippen MR) is 112 cm³/mol. The van der Waals surface area contributed by atoms with Gasteiger partial charge < -0.3 is 33.9 Å². The summed E-state index contributed by atoms with van der Waals surface area (Å²) in [5.41, 5.74) is -1.17. The van der Waals surface area contributed by atoms with Crippen LogP contribution in [0.15, 0.2) is 0 Å². The van der Waals surface area contributed by atoms with Gasteiger partial charge in [0, 0.05) is 19.4 Å². The van der Waals surface area contributed by atoms with Gasteiger partial charge in [0.25, 0.3) is 0 Å². The maximum absolute atomic E-state index is 12.1. The molecule has 1 amide bonds. The van der Waals surface area contributed by atoms with Gasteiger partial charge in [-0.2, -0.15) is 0 Å². The number of aliphatic hydroxyl groups excluding tert-OH is 1. The number of amides is 1. The van der Waals surface area contributed by atoms with Gasteiger partial charge in [-0.3, -0.25) is 20.3 Å². The van der Waals surface area contributed by atoms with Crippen molar-refractivity contribution in [1.82, 2.24) is 10.2 Å². The first kappa shape index (κ1) is 29.3. The number of aliphatic carboxylic acids is 1. The van der Waals surface area contributed by atoms with E-state index >= 15 is 0 Å². The lowest BCUT2D eigenvalue weighted by atomic mass is 10.1. The molecular weight excluding hydrogens is 424 g/mol. The number of carboxylic acid groups (broad SMARTS) is 1. The quantitative estimate of drug-likeness (QED) is 0.252. The highest BCUT2D eigenvalue weighted by Gasteiger charge is 2.31. The van der Waals surface area contributed by atoms with E-state index in [0.717, 1.165) is 0 Å². The number of carbonyl (C=O) groups excluding carboxylic acids is 4. The SMILES string of the molecule is CCC(O)C(=O)OC(C)(C)CC(=O)OC(CC(=O)[O-])C[N+](C)(C)C.CN1CC(=O)NC1=N. The molecule has 32 heavy (non-hydrogen) atoms. The average Bonchev–Trinajstić information content (AvgIpc) is 2.86. The first-order valence-corrected chi connectivity index (χ1v) is 10.2. The van der Waals surface area contributed by atoms with E-state index in [0.29, 0.717) is 17.6 Å². The van der Waals surface area contributed by atoms with Crippen molar-refractivity contribution >= 4 is 29.8 Å². The van der Waals surface area contributed by atoms with Gasteiger partial charge in [-0.15, -0.1) is 0 Å². The Morgan fingerprint density at radius 1 is 1.31 bits per heavy atom. The van der Waals surface area contributed by atoms with Gasteiger partial charge in [-0.25, -0.2) is 4.79 Å². The minimum atomic E-state index is -1.31. The van der Waals surface area contributed by atoms with Gasteiger partial charge in [0.1, 0.15) is 12.1 Å². The number of ether oxygens (including phenoxy) is 2. The Morgan fingerprint density at radius 2 is 1.88 bits per heavy atom. The number of quaternary nitrogens is 1. The fraction of sp³-hybridized carbons (Fsp3) is 0.750. The van der Waals surface area contributed by atoms with Crippen molar-refractivity contribution in [2.45, 2.75) is 57.8 Å². The summed E-state index contributed by atoms with van der Waals surface area (Å²) in [6, 6.07) is 0. The summed E-state index contributed by atoms with van der Waals surface area (Å²) >= 11 is 0. The lowest BCUT2D eigenvalue weighted by Gasteiger charge is -2.30. The summed E-state index contributed by atoms with van der Waals surface area (Å²) in [6.45, 7) is 5.28. The molecule has 1 aliphatic heterocycles. The first-order chi connectivity index (χ1) is 14.5. The molecular formula is C20H36N4O8. The molecule has 0 saturated carbocycles. The standard InChI is InChI=1S/C16H29NO7.C4H7N3O/c1-7-12(18)15(22)24-16(2,3)9-14(21)23-11(8-13(19)20)10-17(4,5)6;1-7-2-3(8)6-4(7)5/h11-12,18H,7-10H2,1-6H3;2H2,1H3,(H2,5,6,8). The molecule has 2 atom stereocenters. The number of aliphatic hydroxyl groups is 1. The topological polar surface area (TPSA) is 169 Å². The van der Waals surface area contributed by atoms with E-state index in [9.17, 15) is 29.4 Å². The van der Waals surface area contributed by atoms with E-state index in [1.807, 2.05) is 21.1 Å². The minimum absolute atomic E-state index is 0.0995. The van der Waals surface area contributed by atoms with E-state index in [1.54, 1.807) is 18.9 Å². The zero-order chi connectivity index (χ0) is 25.3. The van der Waals surface area contributed by atoms with Crippen LogP contribution in [0.5, 0.6) is 0 Å². The monoisotopic (exact) mass is 460 g/mol. The van der Waals surface area contributed by atoms with Gasteiger partial charge in [0.2, 0.25) is 5.91 Å². The molecule has 1 rings (SSSR count). The summed E-state index contributed by atoms with van der Waals surface area (Å²) in [4.78, 5) is 46.4. The van der Waals surface area contributed by atoms with Crippen LogP contribution in [0, 0.1) is 5.41 Å². The van der Waals surface area contributed by atoms with Gasteiger partial charge in [-0.1, -0.05) is 6.92 Å². The number of esters is 2. The molecule has 0 radical (unpaired) electrons. The van der Waals surface area contributed by atoms with Crippen molar-refractivity contribution < 1.29 is 43.3 Å². The van der Waals surface area contributed by atoms with Crippen molar-refractivity contribution in [2.24, 2.45) is 0 Å². The molecule has 0 bridgehead atoms. The number of hydrogen-bond acceptors (Lipinski definition) is 9. The van der Waals surface area contributed by atoms with Crippen molar-refractivity contribution in [1.29, 1.82) is 5.41 Å². The third-order valence-electron chi connectivity index (χ3n) is 4.07. The highest BCUT2D eigenvalue weighted by Crippen LogP contribution is 2.18. The van der Waals surface area contributed by atoms with Crippen LogP contribution in [0.2, 0.25) is 0 Å². The fourth-order valence-corrected chi connectivity index (χ4v) is 2.62. The minimum Gasteiger partial charge on any atom is -0.550 e. The maximum Gasteiger partial charge on any atom is 0.335 e. The second-order valence-electron chi connectivity index (χ2n) is 9.20. The number of carbonyl (C=O) groups is 4. The highest BCUT2D eigenvalue weighted by molar-refractivity contribution is 6.02. The van der Waals surface area contributed by atoms with Crippen LogP contribution in [0.3, 0.4) is 0 Å². The number of guanidine groups is 1. The third-order valence-corrected chi connectivity index (χ3v) is 4.07. The Bertz CT molecular complexity index is 702. The molecule has 1 saturated heterocycles. The molecule has 2 unspecified atom stereocenters. The zero-order valence-electron chi connectivity index (χ0n) is 19.9. The summed E-state index contributed by atoms with van der Waals surface area (Å²) < 4.78 is 10.7. The van der Waals surface area contributed by atoms with Crippen molar-refractivity contribution in [2.75, 3.05) is 41.3 Å².